The number of nitrogens with one attached hydrogen (secondary N) is 1. The van der Waals surface area contributed by atoms with Crippen LogP contribution in [-0.2, 0) is 0 Å². The number of amides is 2. The molecule has 0 atom stereocenters. The van der Waals surface area contributed by atoms with Gasteiger partial charge in [-0.25, -0.2) is 0 Å². The average molecular weight is 413 g/mol. The number of hydrogen-bond donors (Lipinski definition) is 1. The molecule has 0 spiro atoms. The molecule has 1 N–H and O–H groups in total. The van der Waals surface area contributed by atoms with Gasteiger partial charge in [0.2, 0.25) is 0 Å². The standard InChI is InChI=1S/C24H19N3O4/c1-15-21(13-17(14-25)22(28)26-15)16-7-9-18(10-8-16)31-12-4-11-27-23(29)19-5-2-3-6-20(19)24(27)30/h2-3,5-10,13H,4,11-12H2,1H3,(H,26,28). The van der Waals surface area contributed by atoms with Crippen LogP contribution in [0.4, 0.5) is 0 Å². The zero-order chi connectivity index (χ0) is 22.0. The number of carbonyl (C=O) groups excluding carboxylic acids is 2. The first-order valence-electron chi connectivity index (χ1n) is 9.82. The van der Waals surface area contributed by atoms with E-state index in [1.807, 2.05) is 18.2 Å². The molecule has 0 unspecified atom stereocenters. The Morgan fingerprint density at radius 1 is 0.968 bits per heavy atom. The number of fused-ring (bicyclic) bond motifs is 1. The lowest BCUT2D eigenvalue weighted by Crippen LogP contribution is -2.31. The zero-order valence-corrected chi connectivity index (χ0v) is 16.8. The summed E-state index contributed by atoms with van der Waals surface area (Å²) in [6.45, 7) is 2.42. The molecule has 0 bridgehead atoms. The first-order valence-corrected chi connectivity index (χ1v) is 9.82. The molecule has 2 aromatic carbocycles. The Kier molecular flexibility index (Phi) is 5.37. The molecule has 1 aliphatic heterocycles. The third-order valence-electron chi connectivity index (χ3n) is 5.20. The van der Waals surface area contributed by atoms with Crippen LogP contribution in [0.3, 0.4) is 0 Å². The van der Waals surface area contributed by atoms with E-state index in [2.05, 4.69) is 4.98 Å². The Balaban J connectivity index is 1.35. The number of aryl methyl sites for hydroxylation is 1. The van der Waals surface area contributed by atoms with Gasteiger partial charge >= 0.3 is 0 Å². The summed E-state index contributed by atoms with van der Waals surface area (Å²) in [6, 6.07) is 17.6. The fourth-order valence-corrected chi connectivity index (χ4v) is 3.59. The molecule has 0 saturated heterocycles. The van der Waals surface area contributed by atoms with Gasteiger partial charge in [-0.2, -0.15) is 5.26 Å². The van der Waals surface area contributed by atoms with Crippen LogP contribution in [0.5, 0.6) is 5.75 Å². The monoisotopic (exact) mass is 413 g/mol. The summed E-state index contributed by atoms with van der Waals surface area (Å²) >= 11 is 0. The number of hydrogen-bond acceptors (Lipinski definition) is 5. The van der Waals surface area contributed by atoms with Crippen molar-refractivity contribution in [2.45, 2.75) is 13.3 Å². The number of imide groups is 1. The number of rotatable bonds is 6. The predicted molar refractivity (Wildman–Crippen MR) is 114 cm³/mol. The number of aromatic nitrogens is 1. The van der Waals surface area contributed by atoms with Crippen LogP contribution in [0.15, 0.2) is 59.4 Å². The minimum Gasteiger partial charge on any atom is -0.494 e. The van der Waals surface area contributed by atoms with Crippen molar-refractivity contribution in [1.82, 2.24) is 9.88 Å². The second-order valence-corrected chi connectivity index (χ2v) is 7.20. The second-order valence-electron chi connectivity index (χ2n) is 7.20. The van der Waals surface area contributed by atoms with Crippen molar-refractivity contribution in [2.24, 2.45) is 0 Å². The molecule has 2 heterocycles. The molecular formula is C24H19N3O4. The summed E-state index contributed by atoms with van der Waals surface area (Å²) in [5, 5.41) is 9.07. The highest BCUT2D eigenvalue weighted by Crippen LogP contribution is 2.25. The summed E-state index contributed by atoms with van der Waals surface area (Å²) < 4.78 is 5.74. The largest absolute Gasteiger partial charge is 0.494 e. The number of ether oxygens (including phenoxy) is 1. The Bertz CT molecular complexity index is 1230. The van der Waals surface area contributed by atoms with Crippen molar-refractivity contribution < 1.29 is 14.3 Å². The van der Waals surface area contributed by atoms with E-state index in [1.54, 1.807) is 49.4 Å². The van der Waals surface area contributed by atoms with Crippen molar-refractivity contribution in [3.63, 3.8) is 0 Å². The molecule has 7 heteroatoms. The molecule has 154 valence electrons. The highest BCUT2D eigenvalue weighted by Gasteiger charge is 2.34. The molecule has 1 aromatic heterocycles. The number of aromatic amines is 1. The molecule has 0 radical (unpaired) electrons. The van der Waals surface area contributed by atoms with Gasteiger partial charge in [-0.3, -0.25) is 19.3 Å². The Hall–Kier alpha value is -4.18. The van der Waals surface area contributed by atoms with Crippen molar-refractivity contribution in [1.29, 1.82) is 5.26 Å². The van der Waals surface area contributed by atoms with Gasteiger partial charge in [0.05, 0.1) is 17.7 Å². The van der Waals surface area contributed by atoms with Crippen molar-refractivity contribution in [3.05, 3.63) is 87.3 Å². The van der Waals surface area contributed by atoms with Gasteiger partial charge in [0, 0.05) is 17.8 Å². The SMILES string of the molecule is Cc1[nH]c(=O)c(C#N)cc1-c1ccc(OCCCN2C(=O)c3ccccc3C2=O)cc1. The summed E-state index contributed by atoms with van der Waals surface area (Å²) in [7, 11) is 0. The van der Waals surface area contributed by atoms with Gasteiger partial charge in [0.1, 0.15) is 17.4 Å². The van der Waals surface area contributed by atoms with Crippen LogP contribution in [0.2, 0.25) is 0 Å². The summed E-state index contributed by atoms with van der Waals surface area (Å²) in [5.41, 5.74) is 2.86. The number of nitrogens with zero attached hydrogens (tertiary/aromatic N) is 2. The van der Waals surface area contributed by atoms with Gasteiger partial charge in [-0.15, -0.1) is 0 Å². The van der Waals surface area contributed by atoms with Crippen molar-refractivity contribution >= 4 is 11.8 Å². The number of carbonyl (C=O) groups is 2. The summed E-state index contributed by atoms with van der Waals surface area (Å²) in [5.74, 6) is 0.115. The first-order chi connectivity index (χ1) is 15.0. The van der Waals surface area contributed by atoms with E-state index in [1.165, 1.54) is 4.90 Å². The lowest BCUT2D eigenvalue weighted by atomic mass is 10.0. The van der Waals surface area contributed by atoms with Crippen LogP contribution >= 0.6 is 0 Å². The van der Waals surface area contributed by atoms with Crippen molar-refractivity contribution in [3.8, 4) is 22.9 Å². The number of H-pyrrole nitrogens is 1. The van der Waals surface area contributed by atoms with E-state index in [-0.39, 0.29) is 23.9 Å². The summed E-state index contributed by atoms with van der Waals surface area (Å²) in [4.78, 5) is 40.4. The molecule has 0 fully saturated rings. The smallest absolute Gasteiger partial charge is 0.266 e. The molecular weight excluding hydrogens is 394 g/mol. The third kappa shape index (κ3) is 3.83. The van der Waals surface area contributed by atoms with E-state index in [9.17, 15) is 14.4 Å². The molecule has 4 rings (SSSR count). The maximum atomic E-state index is 12.4. The lowest BCUT2D eigenvalue weighted by molar-refractivity contribution is 0.0646. The molecule has 0 aliphatic carbocycles. The molecule has 1 aliphatic rings. The predicted octanol–water partition coefficient (Wildman–Crippen LogP) is 3.29. The zero-order valence-electron chi connectivity index (χ0n) is 16.8. The topological polar surface area (TPSA) is 103 Å². The van der Waals surface area contributed by atoms with Gasteiger partial charge in [-0.1, -0.05) is 24.3 Å². The third-order valence-corrected chi connectivity index (χ3v) is 5.20. The fourth-order valence-electron chi connectivity index (χ4n) is 3.59. The normalized spacial score (nSPS) is 12.6. The van der Waals surface area contributed by atoms with E-state index in [0.717, 1.165) is 11.1 Å². The molecule has 0 saturated carbocycles. The van der Waals surface area contributed by atoms with Crippen LogP contribution in [-0.4, -0.2) is 34.8 Å². The molecule has 3 aromatic rings. The average Bonchev–Trinajstić information content (AvgIpc) is 3.02. The van der Waals surface area contributed by atoms with E-state index >= 15 is 0 Å². The number of pyridine rings is 1. The Morgan fingerprint density at radius 2 is 1.61 bits per heavy atom. The minimum absolute atomic E-state index is 0.0640. The maximum absolute atomic E-state index is 12.4. The highest BCUT2D eigenvalue weighted by atomic mass is 16.5. The van der Waals surface area contributed by atoms with Gasteiger partial charge < -0.3 is 9.72 Å². The van der Waals surface area contributed by atoms with Crippen LogP contribution in [0.25, 0.3) is 11.1 Å². The fraction of sp³-hybridized carbons (Fsp3) is 0.167. The number of nitriles is 1. The van der Waals surface area contributed by atoms with Crippen molar-refractivity contribution in [2.75, 3.05) is 13.2 Å². The van der Waals surface area contributed by atoms with E-state index < -0.39 is 5.56 Å². The van der Waals surface area contributed by atoms with Crippen LogP contribution in [0, 0.1) is 18.3 Å². The second kappa shape index (κ2) is 8.28. The lowest BCUT2D eigenvalue weighted by Gasteiger charge is -2.14. The molecule has 31 heavy (non-hydrogen) atoms. The maximum Gasteiger partial charge on any atom is 0.266 e. The Morgan fingerprint density at radius 3 is 2.23 bits per heavy atom. The van der Waals surface area contributed by atoms with Gasteiger partial charge in [0.25, 0.3) is 17.4 Å². The summed E-state index contributed by atoms with van der Waals surface area (Å²) in [6.07, 6.45) is 0.512. The number of benzene rings is 2. The van der Waals surface area contributed by atoms with E-state index in [4.69, 9.17) is 10.00 Å². The van der Waals surface area contributed by atoms with Crippen LogP contribution < -0.4 is 10.3 Å². The Labute approximate surface area is 178 Å². The molecule has 7 nitrogen and oxygen atoms in total. The molecule has 2 amide bonds. The minimum atomic E-state index is -0.401. The van der Waals surface area contributed by atoms with Gasteiger partial charge in [0.15, 0.2) is 0 Å². The van der Waals surface area contributed by atoms with Crippen LogP contribution in [0.1, 0.15) is 38.4 Å². The first kappa shape index (κ1) is 20.1. The van der Waals surface area contributed by atoms with E-state index in [0.29, 0.717) is 35.6 Å². The highest BCUT2D eigenvalue weighted by molar-refractivity contribution is 6.21. The quantitative estimate of drug-likeness (QED) is 0.493. The van der Waals surface area contributed by atoms with Gasteiger partial charge in [-0.05, 0) is 49.2 Å².